The lowest BCUT2D eigenvalue weighted by atomic mass is 9.94. The Morgan fingerprint density at radius 1 is 1.38 bits per heavy atom. The molecule has 1 heterocycles. The zero-order chi connectivity index (χ0) is 15.4. The molecule has 2 rings (SSSR count). The van der Waals surface area contributed by atoms with Crippen LogP contribution in [0, 0.1) is 0 Å². The average molecular weight is 291 g/mol. The van der Waals surface area contributed by atoms with Crippen molar-refractivity contribution in [3.63, 3.8) is 0 Å². The van der Waals surface area contributed by atoms with E-state index in [1.165, 1.54) is 4.90 Å². The fraction of sp³-hybridized carbons (Fsp3) is 0.467. The molecule has 0 spiro atoms. The van der Waals surface area contributed by atoms with Crippen molar-refractivity contribution in [1.82, 2.24) is 15.1 Å². The van der Waals surface area contributed by atoms with Gasteiger partial charge in [-0.2, -0.15) is 0 Å². The predicted octanol–water partition coefficient (Wildman–Crippen LogP) is 0.769. The number of benzene rings is 1. The number of carbonyl (C=O) groups is 2. The number of urea groups is 1. The molecule has 0 radical (unpaired) electrons. The van der Waals surface area contributed by atoms with Crippen molar-refractivity contribution in [3.8, 4) is 0 Å². The molecule has 0 unspecified atom stereocenters. The van der Waals surface area contributed by atoms with Crippen LogP contribution in [0.5, 0.6) is 0 Å². The van der Waals surface area contributed by atoms with E-state index in [0.29, 0.717) is 26.1 Å². The maximum Gasteiger partial charge on any atom is 0.326 e. The van der Waals surface area contributed by atoms with Gasteiger partial charge in [0.05, 0.1) is 0 Å². The molecule has 114 valence electrons. The lowest BCUT2D eigenvalue weighted by Crippen LogP contribution is -2.53. The van der Waals surface area contributed by atoms with E-state index >= 15 is 0 Å². The van der Waals surface area contributed by atoms with E-state index in [1.54, 1.807) is 11.9 Å². The van der Waals surface area contributed by atoms with E-state index in [4.69, 9.17) is 0 Å². The highest BCUT2D eigenvalue weighted by Gasteiger charge is 2.35. The number of rotatable bonds is 4. The SMILES string of the molecule is CNCCN(C)C(=O)N1Cc2ccccc2C[C@@H]1C(=O)O. The highest BCUT2D eigenvalue weighted by Crippen LogP contribution is 2.24. The summed E-state index contributed by atoms with van der Waals surface area (Å²) in [4.78, 5) is 27.0. The van der Waals surface area contributed by atoms with Gasteiger partial charge in [0, 0.05) is 33.1 Å². The zero-order valence-corrected chi connectivity index (χ0v) is 12.4. The van der Waals surface area contributed by atoms with Crippen LogP contribution in [-0.2, 0) is 17.8 Å². The van der Waals surface area contributed by atoms with Crippen LogP contribution in [0.15, 0.2) is 24.3 Å². The topological polar surface area (TPSA) is 72.9 Å². The van der Waals surface area contributed by atoms with E-state index in [0.717, 1.165) is 11.1 Å². The summed E-state index contributed by atoms with van der Waals surface area (Å²) in [6.07, 6.45) is 0.358. The lowest BCUT2D eigenvalue weighted by molar-refractivity contribution is -0.142. The number of hydrogen-bond acceptors (Lipinski definition) is 3. The van der Waals surface area contributed by atoms with Crippen LogP contribution >= 0.6 is 0 Å². The molecule has 6 heteroatoms. The van der Waals surface area contributed by atoms with E-state index in [9.17, 15) is 14.7 Å². The Morgan fingerprint density at radius 3 is 2.67 bits per heavy atom. The van der Waals surface area contributed by atoms with Crippen molar-refractivity contribution in [2.45, 2.75) is 19.0 Å². The Balaban J connectivity index is 2.20. The molecule has 1 atom stereocenters. The van der Waals surface area contributed by atoms with Gasteiger partial charge in [0.1, 0.15) is 6.04 Å². The normalized spacial score (nSPS) is 17.2. The molecule has 0 aromatic heterocycles. The first-order chi connectivity index (χ1) is 10.0. The molecule has 0 saturated heterocycles. The molecule has 1 aromatic carbocycles. The second-order valence-corrected chi connectivity index (χ2v) is 5.26. The molecule has 0 saturated carbocycles. The molecular weight excluding hydrogens is 270 g/mol. The molecular formula is C15H21N3O3. The van der Waals surface area contributed by atoms with Gasteiger partial charge in [-0.3, -0.25) is 0 Å². The molecule has 1 aliphatic heterocycles. The number of amides is 2. The summed E-state index contributed by atoms with van der Waals surface area (Å²) in [5.74, 6) is -0.958. The maximum absolute atomic E-state index is 12.5. The Bertz CT molecular complexity index is 533. The fourth-order valence-corrected chi connectivity index (χ4v) is 2.54. The number of likely N-dealkylation sites (N-methyl/N-ethyl adjacent to an activating group) is 2. The van der Waals surface area contributed by atoms with Gasteiger partial charge in [0.2, 0.25) is 0 Å². The van der Waals surface area contributed by atoms with Crippen LogP contribution in [0.1, 0.15) is 11.1 Å². The van der Waals surface area contributed by atoms with Crippen LogP contribution in [0.25, 0.3) is 0 Å². The van der Waals surface area contributed by atoms with E-state index in [-0.39, 0.29) is 6.03 Å². The third-order valence-corrected chi connectivity index (χ3v) is 3.80. The first-order valence-electron chi connectivity index (χ1n) is 7.00. The minimum atomic E-state index is -0.958. The minimum absolute atomic E-state index is 0.243. The van der Waals surface area contributed by atoms with Gasteiger partial charge < -0.3 is 20.2 Å². The first-order valence-corrected chi connectivity index (χ1v) is 7.00. The van der Waals surface area contributed by atoms with Crippen LogP contribution in [0.4, 0.5) is 4.79 Å². The van der Waals surface area contributed by atoms with Gasteiger partial charge in [-0.25, -0.2) is 9.59 Å². The molecule has 21 heavy (non-hydrogen) atoms. The number of aliphatic carboxylic acids is 1. The summed E-state index contributed by atoms with van der Waals surface area (Å²) in [6, 6.07) is 6.64. The maximum atomic E-state index is 12.5. The summed E-state index contributed by atoms with van der Waals surface area (Å²) in [7, 11) is 3.51. The molecule has 2 amide bonds. The Hall–Kier alpha value is -2.08. The Kier molecular flexibility index (Phi) is 4.80. The number of carboxylic acids is 1. The van der Waals surface area contributed by atoms with Gasteiger partial charge in [-0.1, -0.05) is 24.3 Å². The van der Waals surface area contributed by atoms with Gasteiger partial charge >= 0.3 is 12.0 Å². The molecule has 1 aliphatic rings. The van der Waals surface area contributed by atoms with Crippen molar-refractivity contribution in [1.29, 1.82) is 0 Å². The average Bonchev–Trinajstić information content (AvgIpc) is 2.50. The van der Waals surface area contributed by atoms with Gasteiger partial charge in [0.25, 0.3) is 0 Å². The number of carbonyl (C=O) groups excluding carboxylic acids is 1. The number of hydrogen-bond donors (Lipinski definition) is 2. The van der Waals surface area contributed by atoms with Crippen molar-refractivity contribution in [2.24, 2.45) is 0 Å². The highest BCUT2D eigenvalue weighted by molar-refractivity contribution is 5.83. The van der Waals surface area contributed by atoms with Crippen LogP contribution in [-0.4, -0.2) is 60.1 Å². The predicted molar refractivity (Wildman–Crippen MR) is 79.1 cm³/mol. The lowest BCUT2D eigenvalue weighted by Gasteiger charge is -2.36. The summed E-state index contributed by atoms with van der Waals surface area (Å²) in [5, 5.41) is 12.4. The second kappa shape index (κ2) is 6.58. The third kappa shape index (κ3) is 3.33. The Labute approximate surface area is 124 Å². The molecule has 0 aliphatic carbocycles. The zero-order valence-electron chi connectivity index (χ0n) is 12.4. The quantitative estimate of drug-likeness (QED) is 0.859. The molecule has 6 nitrogen and oxygen atoms in total. The van der Waals surface area contributed by atoms with Crippen LogP contribution in [0.3, 0.4) is 0 Å². The number of nitrogens with zero attached hydrogens (tertiary/aromatic N) is 2. The van der Waals surface area contributed by atoms with Gasteiger partial charge in [-0.05, 0) is 18.2 Å². The molecule has 0 bridgehead atoms. The smallest absolute Gasteiger partial charge is 0.326 e. The summed E-state index contributed by atoms with van der Waals surface area (Å²) in [5.41, 5.74) is 2.03. The third-order valence-electron chi connectivity index (χ3n) is 3.80. The number of nitrogens with one attached hydrogen (secondary N) is 1. The Morgan fingerprint density at radius 2 is 2.05 bits per heavy atom. The standard InChI is InChI=1S/C15H21N3O3/c1-16-7-8-17(2)15(21)18-10-12-6-4-3-5-11(12)9-13(18)14(19)20/h3-6,13,16H,7-10H2,1-2H3,(H,19,20)/t13-/m1/s1. The highest BCUT2D eigenvalue weighted by atomic mass is 16.4. The van der Waals surface area contributed by atoms with Gasteiger partial charge in [-0.15, -0.1) is 0 Å². The summed E-state index contributed by atoms with van der Waals surface area (Å²) < 4.78 is 0. The van der Waals surface area contributed by atoms with Crippen molar-refractivity contribution in [3.05, 3.63) is 35.4 Å². The van der Waals surface area contributed by atoms with Crippen molar-refractivity contribution in [2.75, 3.05) is 27.2 Å². The number of fused-ring (bicyclic) bond motifs is 1. The minimum Gasteiger partial charge on any atom is -0.480 e. The van der Waals surface area contributed by atoms with Crippen molar-refractivity contribution >= 4 is 12.0 Å². The fourth-order valence-electron chi connectivity index (χ4n) is 2.54. The second-order valence-electron chi connectivity index (χ2n) is 5.26. The monoisotopic (exact) mass is 291 g/mol. The van der Waals surface area contributed by atoms with E-state index in [1.807, 2.05) is 31.3 Å². The summed E-state index contributed by atoms with van der Waals surface area (Å²) >= 11 is 0. The molecule has 1 aromatic rings. The van der Waals surface area contributed by atoms with E-state index < -0.39 is 12.0 Å². The van der Waals surface area contributed by atoms with Gasteiger partial charge in [0.15, 0.2) is 0 Å². The molecule has 2 N–H and O–H groups in total. The van der Waals surface area contributed by atoms with Crippen LogP contribution < -0.4 is 5.32 Å². The summed E-state index contributed by atoms with van der Waals surface area (Å²) in [6.45, 7) is 1.56. The van der Waals surface area contributed by atoms with Crippen molar-refractivity contribution < 1.29 is 14.7 Å². The largest absolute Gasteiger partial charge is 0.480 e. The number of carboxylic acid groups (broad SMARTS) is 1. The molecule has 0 fully saturated rings. The van der Waals surface area contributed by atoms with E-state index in [2.05, 4.69) is 5.32 Å². The van der Waals surface area contributed by atoms with Crippen LogP contribution in [0.2, 0.25) is 0 Å². The first kappa shape index (κ1) is 15.3.